The van der Waals surface area contributed by atoms with E-state index < -0.39 is 0 Å². The summed E-state index contributed by atoms with van der Waals surface area (Å²) in [5.74, 6) is 0.180. The Morgan fingerprint density at radius 3 is 1.60 bits per heavy atom. The zero-order valence-corrected chi connectivity index (χ0v) is 16.2. The molecular weight excluding hydrogens is 420 g/mol. The largest absolute Gasteiger partial charge is 0.298 e. The maximum atomic E-state index is 12.9. The van der Waals surface area contributed by atoms with E-state index in [-0.39, 0.29) is 11.8 Å². The summed E-state index contributed by atoms with van der Waals surface area (Å²) in [6.07, 6.45) is 0. The Morgan fingerprint density at radius 1 is 0.950 bits per heavy atom. The van der Waals surface area contributed by atoms with Crippen molar-refractivity contribution in [2.24, 2.45) is 0 Å². The van der Waals surface area contributed by atoms with Crippen molar-refractivity contribution in [3.63, 3.8) is 0 Å². The molecule has 0 saturated carbocycles. The fraction of sp³-hybridized carbons (Fsp3) is 0.400. The highest BCUT2D eigenvalue weighted by Crippen LogP contribution is 2.35. The van der Waals surface area contributed by atoms with Gasteiger partial charge < -0.3 is 0 Å². The maximum absolute atomic E-state index is 12.9. The molecule has 0 saturated heterocycles. The number of hydrogen-bond donors (Lipinski definition) is 0. The Bertz CT molecular complexity index is 538. The number of thiophene rings is 2. The summed E-state index contributed by atoms with van der Waals surface area (Å²) in [6, 6.07) is 8.33. The minimum atomic E-state index is -0.0568. The van der Waals surface area contributed by atoms with Crippen LogP contribution in [-0.4, -0.2) is 16.4 Å². The topological polar surface area (TPSA) is 17.1 Å². The molecule has 0 spiro atoms. The van der Waals surface area contributed by atoms with Crippen LogP contribution in [0.15, 0.2) is 24.3 Å². The van der Waals surface area contributed by atoms with Gasteiger partial charge in [-0.05, 0) is 38.1 Å². The number of alkyl halides is 2. The molecule has 0 aromatic carbocycles. The normalized spacial score (nSPS) is 14.2. The van der Waals surface area contributed by atoms with E-state index in [0.29, 0.717) is 16.4 Å². The van der Waals surface area contributed by atoms with Gasteiger partial charge in [0, 0.05) is 30.2 Å². The van der Waals surface area contributed by atoms with E-state index in [0.717, 1.165) is 9.75 Å². The number of carbonyl (C=O) groups excluding carboxylic acids is 1. The number of hydrogen-bond acceptors (Lipinski definition) is 3. The Morgan fingerprint density at radius 2 is 1.35 bits per heavy atom. The summed E-state index contributed by atoms with van der Waals surface area (Å²) in [7, 11) is 0. The van der Waals surface area contributed by atoms with Crippen LogP contribution in [0, 0.1) is 13.8 Å². The van der Waals surface area contributed by atoms with Crippen molar-refractivity contribution in [1.82, 2.24) is 0 Å². The molecule has 1 nitrogen and oxygen atoms in total. The molecule has 20 heavy (non-hydrogen) atoms. The van der Waals surface area contributed by atoms with Crippen molar-refractivity contribution in [3.8, 4) is 0 Å². The van der Waals surface area contributed by atoms with Gasteiger partial charge in [-0.3, -0.25) is 4.79 Å². The van der Waals surface area contributed by atoms with Gasteiger partial charge in [-0.2, -0.15) is 0 Å². The molecule has 0 radical (unpaired) electrons. The molecule has 0 amide bonds. The second kappa shape index (κ2) is 7.34. The average molecular weight is 436 g/mol. The van der Waals surface area contributed by atoms with E-state index in [2.05, 4.69) is 70.0 Å². The summed E-state index contributed by atoms with van der Waals surface area (Å²) in [4.78, 5) is 17.7. The van der Waals surface area contributed by atoms with Crippen LogP contribution in [0.2, 0.25) is 0 Å². The van der Waals surface area contributed by atoms with E-state index >= 15 is 0 Å². The van der Waals surface area contributed by atoms with E-state index in [1.54, 1.807) is 22.7 Å². The molecule has 2 aromatic heterocycles. The molecule has 2 aromatic rings. The van der Waals surface area contributed by atoms with Gasteiger partial charge in [-0.1, -0.05) is 31.9 Å². The second-order valence-electron chi connectivity index (χ2n) is 4.71. The lowest BCUT2D eigenvalue weighted by molar-refractivity contribution is -0.120. The molecule has 2 atom stereocenters. The van der Waals surface area contributed by atoms with Crippen LogP contribution in [0.1, 0.15) is 31.3 Å². The first-order valence-electron chi connectivity index (χ1n) is 6.35. The lowest BCUT2D eigenvalue weighted by Gasteiger charge is -2.17. The standard InChI is InChI=1S/C15H16Br2OS2/c1-9-3-5-13(19-9)11(7-16)15(18)12(8-17)14-6-4-10(2)20-14/h3-6,11-12H,7-8H2,1-2H3. The first-order valence-corrected chi connectivity index (χ1v) is 10.2. The van der Waals surface area contributed by atoms with Gasteiger partial charge in [-0.25, -0.2) is 0 Å². The van der Waals surface area contributed by atoms with Crippen LogP contribution in [-0.2, 0) is 4.79 Å². The van der Waals surface area contributed by atoms with Gasteiger partial charge in [0.2, 0.25) is 0 Å². The van der Waals surface area contributed by atoms with E-state index in [9.17, 15) is 4.79 Å². The summed E-state index contributed by atoms with van der Waals surface area (Å²) >= 11 is 10.5. The molecule has 2 unspecified atom stereocenters. The van der Waals surface area contributed by atoms with Gasteiger partial charge >= 0.3 is 0 Å². The van der Waals surface area contributed by atoms with Crippen molar-refractivity contribution >= 4 is 60.3 Å². The number of aryl methyl sites for hydroxylation is 2. The van der Waals surface area contributed by atoms with Crippen LogP contribution in [0.3, 0.4) is 0 Å². The van der Waals surface area contributed by atoms with Crippen molar-refractivity contribution in [2.75, 3.05) is 10.7 Å². The second-order valence-corrected chi connectivity index (χ2v) is 8.65. The van der Waals surface area contributed by atoms with E-state index in [1.165, 1.54) is 9.75 Å². The maximum Gasteiger partial charge on any atom is 0.151 e. The fourth-order valence-corrected chi connectivity index (χ4v) is 5.84. The molecule has 0 bridgehead atoms. The Balaban J connectivity index is 2.26. The van der Waals surface area contributed by atoms with E-state index in [4.69, 9.17) is 0 Å². The van der Waals surface area contributed by atoms with Crippen molar-refractivity contribution in [3.05, 3.63) is 43.8 Å². The summed E-state index contributed by atoms with van der Waals surface area (Å²) in [6.45, 7) is 4.16. The molecule has 0 aliphatic rings. The number of halogens is 2. The highest BCUT2D eigenvalue weighted by atomic mass is 79.9. The summed E-state index contributed by atoms with van der Waals surface area (Å²) in [5, 5.41) is 1.36. The average Bonchev–Trinajstić information content (AvgIpc) is 3.01. The Hall–Kier alpha value is 0.0300. The smallest absolute Gasteiger partial charge is 0.151 e. The molecule has 0 fully saturated rings. The van der Waals surface area contributed by atoms with Crippen LogP contribution >= 0.6 is 54.5 Å². The highest BCUT2D eigenvalue weighted by Gasteiger charge is 2.29. The third kappa shape index (κ3) is 3.62. The van der Waals surface area contributed by atoms with Crippen molar-refractivity contribution < 1.29 is 4.79 Å². The zero-order valence-electron chi connectivity index (χ0n) is 11.4. The van der Waals surface area contributed by atoms with Crippen LogP contribution < -0.4 is 0 Å². The number of rotatable bonds is 6. The van der Waals surface area contributed by atoms with Crippen LogP contribution in [0.5, 0.6) is 0 Å². The minimum absolute atomic E-state index is 0.0568. The predicted molar refractivity (Wildman–Crippen MR) is 96.2 cm³/mol. The minimum Gasteiger partial charge on any atom is -0.298 e. The first-order chi connectivity index (χ1) is 9.56. The first kappa shape index (κ1) is 16.4. The quantitative estimate of drug-likeness (QED) is 0.535. The molecule has 2 heterocycles. The SMILES string of the molecule is Cc1ccc(C(CBr)C(=O)C(CBr)c2ccc(C)s2)s1. The van der Waals surface area contributed by atoms with Gasteiger partial charge in [0.1, 0.15) is 0 Å². The number of ketones is 1. The molecule has 108 valence electrons. The lowest BCUT2D eigenvalue weighted by Crippen LogP contribution is -2.21. The highest BCUT2D eigenvalue weighted by molar-refractivity contribution is 9.09. The van der Waals surface area contributed by atoms with Crippen LogP contribution in [0.25, 0.3) is 0 Å². The predicted octanol–water partition coefficient (Wildman–Crippen LogP) is 5.65. The van der Waals surface area contributed by atoms with Crippen LogP contribution in [0.4, 0.5) is 0 Å². The van der Waals surface area contributed by atoms with Crippen molar-refractivity contribution in [1.29, 1.82) is 0 Å². The molecule has 5 heteroatoms. The lowest BCUT2D eigenvalue weighted by atomic mass is 9.93. The Kier molecular flexibility index (Phi) is 6.02. The molecule has 2 rings (SSSR count). The zero-order chi connectivity index (χ0) is 14.7. The third-order valence-electron chi connectivity index (χ3n) is 3.20. The monoisotopic (exact) mass is 434 g/mol. The summed E-state index contributed by atoms with van der Waals surface area (Å²) in [5.41, 5.74) is 0. The Labute approximate surface area is 144 Å². The van der Waals surface area contributed by atoms with Gasteiger partial charge in [0.25, 0.3) is 0 Å². The molecule has 0 aliphatic heterocycles. The number of Topliss-reactive ketones (excluding diaryl/α,β-unsaturated/α-hetero) is 1. The van der Waals surface area contributed by atoms with Crippen molar-refractivity contribution in [2.45, 2.75) is 25.7 Å². The molecule has 0 aliphatic carbocycles. The summed E-state index contributed by atoms with van der Waals surface area (Å²) < 4.78 is 0. The van der Waals surface area contributed by atoms with E-state index in [1.807, 2.05) is 0 Å². The molecule has 0 N–H and O–H groups in total. The third-order valence-corrected chi connectivity index (χ3v) is 6.73. The number of carbonyl (C=O) groups is 1. The molecular formula is C15H16Br2OS2. The van der Waals surface area contributed by atoms with Gasteiger partial charge in [0.15, 0.2) is 5.78 Å². The fourth-order valence-electron chi connectivity index (χ4n) is 2.11. The van der Waals surface area contributed by atoms with Gasteiger partial charge in [0.05, 0.1) is 11.8 Å². The van der Waals surface area contributed by atoms with Gasteiger partial charge in [-0.15, -0.1) is 22.7 Å².